The van der Waals surface area contributed by atoms with Crippen LogP contribution < -0.4 is 4.90 Å². The number of carbonyl (C=O) groups excluding carboxylic acids is 3. The van der Waals surface area contributed by atoms with Crippen LogP contribution >= 0.6 is 0 Å². The molecule has 8 nitrogen and oxygen atoms in total. The van der Waals surface area contributed by atoms with Gasteiger partial charge >= 0.3 is 5.97 Å². The predicted octanol–water partition coefficient (Wildman–Crippen LogP) is 3.38. The molecule has 0 aromatic heterocycles. The first kappa shape index (κ1) is 25.8. The number of likely N-dealkylation sites (tertiary alicyclic amines) is 1. The second-order valence-electron chi connectivity index (χ2n) is 11.2. The Hall–Kier alpha value is -3.49. The highest BCUT2D eigenvalue weighted by atomic mass is 16.6. The lowest BCUT2D eigenvalue weighted by atomic mass is 9.74. The molecule has 2 aromatic carbocycles. The number of aliphatic hydroxyl groups excluding tert-OH is 1. The van der Waals surface area contributed by atoms with Gasteiger partial charge in [0.25, 0.3) is 5.91 Å². The number of cyclic esters (lactones) is 1. The van der Waals surface area contributed by atoms with Crippen molar-refractivity contribution in [3.8, 4) is 0 Å². The lowest BCUT2D eigenvalue weighted by Gasteiger charge is -2.39. The van der Waals surface area contributed by atoms with Gasteiger partial charge in [-0.1, -0.05) is 54.6 Å². The Morgan fingerprint density at radius 3 is 2.59 bits per heavy atom. The molecule has 1 unspecified atom stereocenters. The number of ether oxygens (including phenoxy) is 2. The quantitative estimate of drug-likeness (QED) is 0.483. The normalized spacial score (nSPS) is 34.2. The largest absolute Gasteiger partial charge is 0.465 e. The highest BCUT2D eigenvalue weighted by molar-refractivity contribution is 6.06. The molecule has 8 heteroatoms. The van der Waals surface area contributed by atoms with Gasteiger partial charge in [0.05, 0.1) is 30.8 Å². The maximum absolute atomic E-state index is 14.5. The summed E-state index contributed by atoms with van der Waals surface area (Å²) in [5.74, 6) is -3.07. The molecule has 39 heavy (non-hydrogen) atoms. The number of hydrogen-bond donors (Lipinski definition) is 1. The zero-order valence-electron chi connectivity index (χ0n) is 22.3. The Kier molecular flexibility index (Phi) is 6.35. The highest BCUT2D eigenvalue weighted by Gasteiger charge is 2.75. The molecule has 6 atom stereocenters. The van der Waals surface area contributed by atoms with Gasteiger partial charge in [0.2, 0.25) is 5.91 Å². The third-order valence-electron chi connectivity index (χ3n) is 8.72. The van der Waals surface area contributed by atoms with Crippen LogP contribution in [0.3, 0.4) is 0 Å². The van der Waals surface area contributed by atoms with Gasteiger partial charge in [-0.3, -0.25) is 14.4 Å². The van der Waals surface area contributed by atoms with E-state index in [9.17, 15) is 19.5 Å². The summed E-state index contributed by atoms with van der Waals surface area (Å²) in [6.45, 7) is 3.74. The summed E-state index contributed by atoms with van der Waals surface area (Å²) in [7, 11) is 0. The van der Waals surface area contributed by atoms with Crippen molar-refractivity contribution in [2.45, 2.75) is 56.4 Å². The molecule has 4 aliphatic heterocycles. The Morgan fingerprint density at radius 1 is 1.00 bits per heavy atom. The lowest BCUT2D eigenvalue weighted by molar-refractivity contribution is -0.159. The minimum Gasteiger partial charge on any atom is -0.465 e. The summed E-state index contributed by atoms with van der Waals surface area (Å²) in [5, 5.41) is 12.2. The number of anilines is 1. The van der Waals surface area contributed by atoms with Gasteiger partial charge in [-0.2, -0.15) is 0 Å². The third-order valence-corrected chi connectivity index (χ3v) is 8.72. The summed E-state index contributed by atoms with van der Waals surface area (Å²) in [6.07, 6.45) is 9.95. The van der Waals surface area contributed by atoms with E-state index >= 15 is 0 Å². The molecule has 1 spiro atoms. The van der Waals surface area contributed by atoms with Crippen molar-refractivity contribution in [2.24, 2.45) is 11.8 Å². The summed E-state index contributed by atoms with van der Waals surface area (Å²) >= 11 is 0. The van der Waals surface area contributed by atoms with Crippen LogP contribution in [0, 0.1) is 11.8 Å². The number of amides is 2. The van der Waals surface area contributed by atoms with Gasteiger partial charge in [-0.15, -0.1) is 0 Å². The fourth-order valence-corrected chi connectivity index (χ4v) is 6.88. The Morgan fingerprint density at radius 2 is 1.79 bits per heavy atom. The van der Waals surface area contributed by atoms with E-state index in [1.54, 1.807) is 18.7 Å². The Labute approximate surface area is 227 Å². The van der Waals surface area contributed by atoms with E-state index in [-0.39, 0.29) is 31.6 Å². The summed E-state index contributed by atoms with van der Waals surface area (Å²) < 4.78 is 12.5. The molecule has 0 saturated carbocycles. The first-order valence-electron chi connectivity index (χ1n) is 13.8. The van der Waals surface area contributed by atoms with Crippen LogP contribution in [-0.4, -0.2) is 70.8 Å². The summed E-state index contributed by atoms with van der Waals surface area (Å²) in [4.78, 5) is 45.3. The average molecular weight is 531 g/mol. The van der Waals surface area contributed by atoms with E-state index in [2.05, 4.69) is 0 Å². The molecular formula is C31H34N2O6. The molecule has 2 saturated heterocycles. The average Bonchev–Trinajstić information content (AvgIpc) is 3.27. The van der Waals surface area contributed by atoms with Crippen molar-refractivity contribution < 1.29 is 29.0 Å². The number of carbonyl (C=O) groups is 3. The molecule has 4 heterocycles. The van der Waals surface area contributed by atoms with E-state index in [1.807, 2.05) is 66.8 Å². The zero-order chi connectivity index (χ0) is 27.4. The van der Waals surface area contributed by atoms with Gasteiger partial charge in [0.1, 0.15) is 17.6 Å². The Bertz CT molecular complexity index is 1390. The minimum absolute atomic E-state index is 0.276. The number of nitrogens with zero attached hydrogens (tertiary/aromatic N) is 2. The van der Waals surface area contributed by atoms with Gasteiger partial charge in [0, 0.05) is 12.2 Å². The maximum Gasteiger partial charge on any atom is 0.313 e. The number of fused-ring (bicyclic) bond motifs is 3. The van der Waals surface area contributed by atoms with Crippen LogP contribution in [0.5, 0.6) is 0 Å². The van der Waals surface area contributed by atoms with Gasteiger partial charge in [0.15, 0.2) is 0 Å². The van der Waals surface area contributed by atoms with Crippen LogP contribution in [0.4, 0.5) is 5.69 Å². The van der Waals surface area contributed by atoms with E-state index < -0.39 is 41.1 Å². The molecule has 0 bridgehead atoms. The first-order chi connectivity index (χ1) is 18.8. The van der Waals surface area contributed by atoms with E-state index in [0.29, 0.717) is 5.69 Å². The molecule has 4 aliphatic rings. The van der Waals surface area contributed by atoms with Crippen molar-refractivity contribution >= 4 is 34.2 Å². The maximum atomic E-state index is 14.5. The summed E-state index contributed by atoms with van der Waals surface area (Å²) in [6, 6.07) is 12.1. The zero-order valence-corrected chi connectivity index (χ0v) is 22.3. The number of hydrogen-bond acceptors (Lipinski definition) is 6. The second kappa shape index (κ2) is 9.61. The highest BCUT2D eigenvalue weighted by Crippen LogP contribution is 2.57. The predicted molar refractivity (Wildman–Crippen MR) is 146 cm³/mol. The van der Waals surface area contributed by atoms with E-state index in [0.717, 1.165) is 30.0 Å². The van der Waals surface area contributed by atoms with Crippen LogP contribution in [-0.2, 0) is 23.9 Å². The third kappa shape index (κ3) is 3.92. The summed E-state index contributed by atoms with van der Waals surface area (Å²) in [5.41, 5.74) is -1.82. The number of rotatable bonds is 3. The van der Waals surface area contributed by atoms with Crippen LogP contribution in [0.1, 0.15) is 33.1 Å². The number of allylic oxidation sites excluding steroid dienone is 1. The van der Waals surface area contributed by atoms with Gasteiger partial charge in [-0.25, -0.2) is 0 Å². The Balaban J connectivity index is 1.48. The van der Waals surface area contributed by atoms with Gasteiger partial charge in [-0.05, 0) is 56.0 Å². The first-order valence-corrected chi connectivity index (χ1v) is 13.8. The molecule has 0 radical (unpaired) electrons. The smallest absolute Gasteiger partial charge is 0.313 e. The van der Waals surface area contributed by atoms with Crippen molar-refractivity contribution in [1.82, 2.24) is 4.90 Å². The molecule has 2 amide bonds. The molecule has 6 rings (SSSR count). The van der Waals surface area contributed by atoms with Crippen molar-refractivity contribution in [3.63, 3.8) is 0 Å². The van der Waals surface area contributed by atoms with Crippen molar-refractivity contribution in [2.75, 3.05) is 24.7 Å². The monoisotopic (exact) mass is 530 g/mol. The lowest BCUT2D eigenvalue weighted by Crippen LogP contribution is -2.58. The fraction of sp³-hybridized carbons (Fsp3) is 0.452. The molecule has 0 aliphatic carbocycles. The van der Waals surface area contributed by atoms with Crippen LogP contribution in [0.25, 0.3) is 10.8 Å². The molecule has 204 valence electrons. The molecule has 2 aromatic rings. The van der Waals surface area contributed by atoms with Crippen molar-refractivity contribution in [3.05, 3.63) is 66.8 Å². The standard InChI is InChI=1S/C31H34N2O6/c1-20(19-34)33-26-28(36)32(23-13-12-21-10-5-6-11-22(21)18-23)16-9-15-31(26)24(27(33)35)25-29(37)38-17-8-4-3-7-14-30(25,2)39-31/h5-7,9-15,18,20,24-26,34H,3-4,8,16-17,19H2,1-2H3/b14-7-/t20-,24+,25-,26?,30+,31+/m1/s1. The molecule has 2 fully saturated rings. The topological polar surface area (TPSA) is 96.4 Å². The van der Waals surface area contributed by atoms with Crippen LogP contribution in [0.2, 0.25) is 0 Å². The number of aliphatic hydroxyl groups is 1. The SMILES string of the molecule is C[C@H](CO)N1C(=O)[C@@H]2[C@@H]3C(=O)OCCCC/C=C\[C@]3(C)O[C@@]23C=CCN(c2ccc4ccccc4c2)C(=O)C13. The number of esters is 1. The molecular weight excluding hydrogens is 496 g/mol. The van der Waals surface area contributed by atoms with Gasteiger partial charge < -0.3 is 24.4 Å². The second-order valence-corrected chi connectivity index (χ2v) is 11.2. The van der Waals surface area contributed by atoms with Crippen LogP contribution in [0.15, 0.2) is 66.8 Å². The van der Waals surface area contributed by atoms with Crippen molar-refractivity contribution in [1.29, 1.82) is 0 Å². The fourth-order valence-electron chi connectivity index (χ4n) is 6.88. The van der Waals surface area contributed by atoms with E-state index in [1.165, 1.54) is 4.90 Å². The number of benzene rings is 2. The van der Waals surface area contributed by atoms with E-state index in [4.69, 9.17) is 9.47 Å². The minimum atomic E-state index is -1.39. The molecule has 1 N–H and O–H groups in total.